The van der Waals surface area contributed by atoms with Crippen LogP contribution in [0.2, 0.25) is 5.02 Å². The highest BCUT2D eigenvalue weighted by molar-refractivity contribution is 7.89. The lowest BCUT2D eigenvalue weighted by molar-refractivity contribution is -0.139. The van der Waals surface area contributed by atoms with Gasteiger partial charge in [0, 0.05) is 18.0 Å². The van der Waals surface area contributed by atoms with Crippen LogP contribution in [0.25, 0.3) is 0 Å². The molecule has 0 bridgehead atoms. The number of halogens is 4. The fourth-order valence-corrected chi connectivity index (χ4v) is 2.69. The fourth-order valence-electron chi connectivity index (χ4n) is 1.28. The van der Waals surface area contributed by atoms with Gasteiger partial charge in [-0.3, -0.25) is 0 Å². The van der Waals surface area contributed by atoms with E-state index in [9.17, 15) is 21.6 Å². The molecule has 0 amide bonds. The summed E-state index contributed by atoms with van der Waals surface area (Å²) in [5.41, 5.74) is -1.34. The van der Waals surface area contributed by atoms with Crippen LogP contribution in [-0.2, 0) is 16.2 Å². The number of alkyl halides is 3. The number of nitrogens with one attached hydrogen (secondary N) is 1. The predicted molar refractivity (Wildman–Crippen MR) is 61.9 cm³/mol. The smallest absolute Gasteiger partial charge is 0.210 e. The van der Waals surface area contributed by atoms with E-state index in [1.54, 1.807) is 6.07 Å². The fraction of sp³-hybridized carbons (Fsp3) is 0.300. The van der Waals surface area contributed by atoms with Gasteiger partial charge < -0.3 is 0 Å². The minimum absolute atomic E-state index is 0.145. The normalized spacial score (nSPS) is 12.2. The van der Waals surface area contributed by atoms with Crippen LogP contribution < -0.4 is 4.72 Å². The first-order valence-corrected chi connectivity index (χ1v) is 6.78. The highest BCUT2D eigenvalue weighted by Crippen LogP contribution is 2.35. The highest BCUT2D eigenvalue weighted by atomic mass is 35.5. The average molecular weight is 313 g/mol. The molecule has 1 N–H and O–H groups in total. The van der Waals surface area contributed by atoms with Gasteiger partial charge in [-0.25, -0.2) is 13.1 Å². The van der Waals surface area contributed by atoms with Crippen molar-refractivity contribution >= 4 is 21.6 Å². The number of nitriles is 1. The van der Waals surface area contributed by atoms with Crippen LogP contribution in [-0.4, -0.2) is 15.0 Å². The molecule has 9 heteroatoms. The van der Waals surface area contributed by atoms with Gasteiger partial charge in [0.1, 0.15) is 0 Å². The van der Waals surface area contributed by atoms with Crippen LogP contribution in [0.4, 0.5) is 13.2 Å². The van der Waals surface area contributed by atoms with E-state index in [1.165, 1.54) is 0 Å². The number of hydrogen-bond donors (Lipinski definition) is 1. The number of hydrogen-bond acceptors (Lipinski definition) is 3. The molecular formula is C10H8ClF3N2O2S. The molecule has 0 heterocycles. The first-order chi connectivity index (χ1) is 8.68. The first-order valence-electron chi connectivity index (χ1n) is 4.92. The highest BCUT2D eigenvalue weighted by Gasteiger charge is 2.37. The zero-order valence-corrected chi connectivity index (χ0v) is 10.9. The molecule has 0 aromatic heterocycles. The van der Waals surface area contributed by atoms with Crippen molar-refractivity contribution < 1.29 is 21.6 Å². The van der Waals surface area contributed by atoms with E-state index in [-0.39, 0.29) is 18.0 Å². The molecular weight excluding hydrogens is 305 g/mol. The van der Waals surface area contributed by atoms with E-state index in [0.717, 1.165) is 12.1 Å². The zero-order chi connectivity index (χ0) is 14.7. The van der Waals surface area contributed by atoms with Crippen molar-refractivity contribution in [1.82, 2.24) is 4.72 Å². The van der Waals surface area contributed by atoms with Gasteiger partial charge in [-0.2, -0.15) is 18.4 Å². The lowest BCUT2D eigenvalue weighted by Gasteiger charge is -2.13. The molecule has 0 radical (unpaired) electrons. The summed E-state index contributed by atoms with van der Waals surface area (Å²) in [6.07, 6.45) is -4.99. The third-order valence-electron chi connectivity index (χ3n) is 2.07. The van der Waals surface area contributed by atoms with Gasteiger partial charge in [-0.05, 0) is 18.2 Å². The topological polar surface area (TPSA) is 70.0 Å². The molecule has 0 unspecified atom stereocenters. The third kappa shape index (κ3) is 4.09. The Balaban J connectivity index is 3.24. The van der Waals surface area contributed by atoms with E-state index in [4.69, 9.17) is 16.9 Å². The Morgan fingerprint density at radius 3 is 2.53 bits per heavy atom. The molecule has 4 nitrogen and oxygen atoms in total. The summed E-state index contributed by atoms with van der Waals surface area (Å²) in [6, 6.07) is 4.05. The number of rotatable bonds is 4. The average Bonchev–Trinajstić information content (AvgIpc) is 2.27. The Bertz CT molecular complexity index is 608. The standard InChI is InChI=1S/C10H8ClF3N2O2S/c11-7-2-3-9(8(6-7)10(12,13)14)19(17,18)16-5-1-4-15/h2-3,6,16H,1,5H2. The third-order valence-corrected chi connectivity index (χ3v) is 3.82. The van der Waals surface area contributed by atoms with E-state index in [0.29, 0.717) is 6.07 Å². The Hall–Kier alpha value is -1.30. The molecule has 0 fully saturated rings. The van der Waals surface area contributed by atoms with Crippen LogP contribution in [0.5, 0.6) is 0 Å². The van der Waals surface area contributed by atoms with E-state index < -0.39 is 26.7 Å². The van der Waals surface area contributed by atoms with Gasteiger partial charge in [0.05, 0.1) is 16.5 Å². The summed E-state index contributed by atoms with van der Waals surface area (Å²) >= 11 is 5.44. The van der Waals surface area contributed by atoms with Crippen molar-refractivity contribution in [2.45, 2.75) is 17.5 Å². The quantitative estimate of drug-likeness (QED) is 0.869. The monoisotopic (exact) mass is 312 g/mol. The zero-order valence-electron chi connectivity index (χ0n) is 9.33. The Morgan fingerprint density at radius 1 is 1.37 bits per heavy atom. The van der Waals surface area contributed by atoms with Crippen molar-refractivity contribution in [3.05, 3.63) is 28.8 Å². The van der Waals surface area contributed by atoms with Crippen molar-refractivity contribution in [2.75, 3.05) is 6.54 Å². The van der Waals surface area contributed by atoms with E-state index in [2.05, 4.69) is 0 Å². The van der Waals surface area contributed by atoms with Crippen LogP contribution in [0, 0.1) is 11.3 Å². The second-order valence-corrected chi connectivity index (χ2v) is 5.62. The maximum atomic E-state index is 12.7. The van der Waals surface area contributed by atoms with Crippen molar-refractivity contribution in [2.24, 2.45) is 0 Å². The van der Waals surface area contributed by atoms with Crippen LogP contribution in [0.15, 0.2) is 23.1 Å². The summed E-state index contributed by atoms with van der Waals surface area (Å²) in [6.45, 7) is -0.265. The summed E-state index contributed by atoms with van der Waals surface area (Å²) in [5.74, 6) is 0. The number of benzene rings is 1. The lowest BCUT2D eigenvalue weighted by Crippen LogP contribution is -2.27. The Morgan fingerprint density at radius 2 is 2.00 bits per heavy atom. The Kier molecular flexibility index (Phi) is 4.79. The molecule has 0 aliphatic rings. The molecule has 19 heavy (non-hydrogen) atoms. The number of sulfonamides is 1. The molecule has 0 aliphatic heterocycles. The lowest BCUT2D eigenvalue weighted by atomic mass is 10.2. The minimum atomic E-state index is -4.84. The number of nitrogens with zero attached hydrogens (tertiary/aromatic N) is 1. The van der Waals surface area contributed by atoms with Crippen LogP contribution >= 0.6 is 11.6 Å². The SMILES string of the molecule is N#CCCNS(=O)(=O)c1ccc(Cl)cc1C(F)(F)F. The van der Waals surface area contributed by atoms with Gasteiger partial charge in [0.15, 0.2) is 0 Å². The van der Waals surface area contributed by atoms with Gasteiger partial charge in [0.2, 0.25) is 10.0 Å². The van der Waals surface area contributed by atoms with Gasteiger partial charge in [0.25, 0.3) is 0 Å². The second kappa shape index (κ2) is 5.77. The molecule has 1 aromatic carbocycles. The second-order valence-electron chi connectivity index (χ2n) is 3.44. The van der Waals surface area contributed by atoms with Crippen LogP contribution in [0.1, 0.15) is 12.0 Å². The molecule has 0 aliphatic carbocycles. The Labute approximate surface area is 112 Å². The molecule has 104 valence electrons. The molecule has 0 atom stereocenters. The molecule has 1 aromatic rings. The summed E-state index contributed by atoms with van der Waals surface area (Å²) < 4.78 is 63.6. The first kappa shape index (κ1) is 15.8. The molecule has 0 spiro atoms. The summed E-state index contributed by atoms with van der Waals surface area (Å²) in [7, 11) is -4.34. The summed E-state index contributed by atoms with van der Waals surface area (Å²) in [5, 5.41) is 8.05. The largest absolute Gasteiger partial charge is 0.417 e. The van der Waals surface area contributed by atoms with Crippen molar-refractivity contribution in [3.63, 3.8) is 0 Å². The van der Waals surface area contributed by atoms with Crippen LogP contribution in [0.3, 0.4) is 0 Å². The predicted octanol–water partition coefficient (Wildman–Crippen LogP) is 2.55. The maximum absolute atomic E-state index is 12.7. The van der Waals surface area contributed by atoms with Crippen molar-refractivity contribution in [3.8, 4) is 6.07 Å². The maximum Gasteiger partial charge on any atom is 0.417 e. The van der Waals surface area contributed by atoms with E-state index in [1.807, 2.05) is 4.72 Å². The molecule has 0 saturated carbocycles. The van der Waals surface area contributed by atoms with Gasteiger partial charge in [-0.1, -0.05) is 11.6 Å². The van der Waals surface area contributed by atoms with Crippen molar-refractivity contribution in [1.29, 1.82) is 5.26 Å². The minimum Gasteiger partial charge on any atom is -0.210 e. The van der Waals surface area contributed by atoms with E-state index >= 15 is 0 Å². The summed E-state index contributed by atoms with van der Waals surface area (Å²) in [4.78, 5) is -0.915. The van der Waals surface area contributed by atoms with Gasteiger partial charge in [-0.15, -0.1) is 0 Å². The molecule has 0 saturated heterocycles. The van der Waals surface area contributed by atoms with Gasteiger partial charge >= 0.3 is 6.18 Å². The molecule has 1 rings (SSSR count).